The molecule has 0 bridgehead atoms. The highest BCUT2D eigenvalue weighted by molar-refractivity contribution is 7.10. The van der Waals surface area contributed by atoms with Gasteiger partial charge in [0.05, 0.1) is 0 Å². The molecule has 1 saturated heterocycles. The third-order valence-corrected chi connectivity index (χ3v) is 4.84. The molecular formula is C15H24N2OS. The average Bonchev–Trinajstić information content (AvgIpc) is 2.81. The van der Waals surface area contributed by atoms with Gasteiger partial charge in [-0.2, -0.15) is 0 Å². The first-order chi connectivity index (χ1) is 9.08. The highest BCUT2D eigenvalue weighted by Gasteiger charge is 2.23. The minimum absolute atomic E-state index is 0.123. The quantitative estimate of drug-likeness (QED) is 0.920. The van der Waals surface area contributed by atoms with Crippen LogP contribution in [-0.2, 0) is 11.3 Å². The molecule has 0 atom stereocenters. The van der Waals surface area contributed by atoms with Crippen molar-refractivity contribution in [2.75, 3.05) is 13.1 Å². The monoisotopic (exact) mass is 280 g/mol. The molecule has 1 N–H and O–H groups in total. The van der Waals surface area contributed by atoms with Crippen molar-refractivity contribution < 1.29 is 4.79 Å². The van der Waals surface area contributed by atoms with E-state index in [0.29, 0.717) is 11.9 Å². The van der Waals surface area contributed by atoms with Crippen LogP contribution in [0, 0.1) is 12.8 Å². The molecule has 0 radical (unpaired) electrons. The lowest BCUT2D eigenvalue weighted by Gasteiger charge is -2.33. The number of piperidine rings is 1. The molecule has 0 aliphatic carbocycles. The molecule has 106 valence electrons. The molecule has 0 spiro atoms. The summed E-state index contributed by atoms with van der Waals surface area (Å²) >= 11 is 1.82. The fourth-order valence-electron chi connectivity index (χ4n) is 2.49. The summed E-state index contributed by atoms with van der Waals surface area (Å²) in [6, 6.07) is 2.73. The minimum atomic E-state index is 0.123. The second kappa shape index (κ2) is 6.53. The Labute approximate surface area is 120 Å². The van der Waals surface area contributed by atoms with Crippen molar-refractivity contribution in [3.05, 3.63) is 21.9 Å². The van der Waals surface area contributed by atoms with E-state index >= 15 is 0 Å². The van der Waals surface area contributed by atoms with Crippen LogP contribution in [0.25, 0.3) is 0 Å². The molecule has 3 nitrogen and oxygen atoms in total. The van der Waals surface area contributed by atoms with E-state index in [2.05, 4.69) is 23.7 Å². The molecule has 2 rings (SSSR count). The van der Waals surface area contributed by atoms with Crippen LogP contribution in [0.2, 0.25) is 0 Å². The Hall–Kier alpha value is -0.870. The van der Waals surface area contributed by atoms with Crippen molar-refractivity contribution in [3.8, 4) is 0 Å². The summed E-state index contributed by atoms with van der Waals surface area (Å²) in [5.74, 6) is 0.422. The fraction of sp³-hybridized carbons (Fsp3) is 0.667. The SMILES string of the molecule is Cc1ccsc1CNC1CCN(C(=O)C(C)C)CC1. The van der Waals surface area contributed by atoms with Crippen molar-refractivity contribution in [2.45, 2.75) is 46.2 Å². The van der Waals surface area contributed by atoms with Gasteiger partial charge in [0.25, 0.3) is 0 Å². The molecule has 0 aromatic carbocycles. The maximum Gasteiger partial charge on any atom is 0.225 e. The smallest absolute Gasteiger partial charge is 0.225 e. The van der Waals surface area contributed by atoms with Crippen LogP contribution in [0.15, 0.2) is 11.4 Å². The number of nitrogens with one attached hydrogen (secondary N) is 1. The van der Waals surface area contributed by atoms with Gasteiger partial charge < -0.3 is 10.2 Å². The highest BCUT2D eigenvalue weighted by atomic mass is 32.1. The molecule has 0 unspecified atom stereocenters. The topological polar surface area (TPSA) is 32.3 Å². The lowest BCUT2D eigenvalue weighted by Crippen LogP contribution is -2.45. The van der Waals surface area contributed by atoms with Gasteiger partial charge in [-0.1, -0.05) is 13.8 Å². The first kappa shape index (κ1) is 14.5. The molecule has 1 aliphatic rings. The van der Waals surface area contributed by atoms with E-state index in [1.807, 2.05) is 30.1 Å². The predicted molar refractivity (Wildman–Crippen MR) is 80.3 cm³/mol. The van der Waals surface area contributed by atoms with Gasteiger partial charge in [0.15, 0.2) is 0 Å². The lowest BCUT2D eigenvalue weighted by molar-refractivity contribution is -0.135. The van der Waals surface area contributed by atoms with Gasteiger partial charge in [0.1, 0.15) is 0 Å². The second-order valence-electron chi connectivity index (χ2n) is 5.66. The number of likely N-dealkylation sites (tertiary alicyclic amines) is 1. The van der Waals surface area contributed by atoms with E-state index in [1.165, 1.54) is 10.4 Å². The molecule has 0 saturated carbocycles. The van der Waals surface area contributed by atoms with Gasteiger partial charge in [-0.25, -0.2) is 0 Å². The number of nitrogens with zero attached hydrogens (tertiary/aromatic N) is 1. The molecule has 1 fully saturated rings. The number of aryl methyl sites for hydroxylation is 1. The van der Waals surface area contributed by atoms with Crippen molar-refractivity contribution in [3.63, 3.8) is 0 Å². The van der Waals surface area contributed by atoms with Gasteiger partial charge >= 0.3 is 0 Å². The van der Waals surface area contributed by atoms with E-state index in [0.717, 1.165) is 32.5 Å². The highest BCUT2D eigenvalue weighted by Crippen LogP contribution is 2.17. The molecule has 2 heterocycles. The third-order valence-electron chi connectivity index (χ3n) is 3.82. The number of amides is 1. The Morgan fingerprint density at radius 1 is 1.47 bits per heavy atom. The van der Waals surface area contributed by atoms with Crippen LogP contribution in [-0.4, -0.2) is 29.9 Å². The minimum Gasteiger partial charge on any atom is -0.342 e. The first-order valence-corrected chi connectivity index (χ1v) is 8.01. The Morgan fingerprint density at radius 3 is 2.68 bits per heavy atom. The van der Waals surface area contributed by atoms with Gasteiger partial charge in [0, 0.05) is 36.5 Å². The summed E-state index contributed by atoms with van der Waals surface area (Å²) in [5.41, 5.74) is 1.38. The van der Waals surface area contributed by atoms with E-state index in [4.69, 9.17) is 0 Å². The van der Waals surface area contributed by atoms with E-state index < -0.39 is 0 Å². The van der Waals surface area contributed by atoms with Gasteiger partial charge in [0.2, 0.25) is 5.91 Å². The summed E-state index contributed by atoms with van der Waals surface area (Å²) < 4.78 is 0. The Balaban J connectivity index is 1.75. The van der Waals surface area contributed by atoms with Crippen LogP contribution in [0.5, 0.6) is 0 Å². The van der Waals surface area contributed by atoms with Crippen LogP contribution in [0.3, 0.4) is 0 Å². The van der Waals surface area contributed by atoms with Crippen molar-refractivity contribution in [1.82, 2.24) is 10.2 Å². The number of rotatable bonds is 4. The van der Waals surface area contributed by atoms with E-state index in [-0.39, 0.29) is 5.92 Å². The Kier molecular flexibility index (Phi) is 4.99. The molecular weight excluding hydrogens is 256 g/mol. The zero-order chi connectivity index (χ0) is 13.8. The van der Waals surface area contributed by atoms with Gasteiger partial charge in [-0.15, -0.1) is 11.3 Å². The maximum absolute atomic E-state index is 11.9. The van der Waals surface area contributed by atoms with Crippen LogP contribution in [0.1, 0.15) is 37.1 Å². The maximum atomic E-state index is 11.9. The number of thiophene rings is 1. The van der Waals surface area contributed by atoms with Crippen molar-refractivity contribution in [2.24, 2.45) is 5.92 Å². The molecule has 1 amide bonds. The van der Waals surface area contributed by atoms with Gasteiger partial charge in [-0.05, 0) is 36.8 Å². The lowest BCUT2D eigenvalue weighted by atomic mass is 10.0. The van der Waals surface area contributed by atoms with Crippen LogP contribution in [0.4, 0.5) is 0 Å². The molecule has 1 aromatic rings. The zero-order valence-electron chi connectivity index (χ0n) is 12.1. The fourth-order valence-corrected chi connectivity index (χ4v) is 3.35. The number of carbonyl (C=O) groups excluding carboxylic acids is 1. The zero-order valence-corrected chi connectivity index (χ0v) is 12.9. The van der Waals surface area contributed by atoms with Crippen LogP contribution < -0.4 is 5.32 Å². The third kappa shape index (κ3) is 3.80. The molecule has 1 aromatic heterocycles. The number of carbonyl (C=O) groups is 1. The Morgan fingerprint density at radius 2 is 2.16 bits per heavy atom. The average molecular weight is 280 g/mol. The van der Waals surface area contributed by atoms with E-state index in [1.54, 1.807) is 0 Å². The standard InChI is InChI=1S/C15H24N2OS/c1-11(2)15(18)17-7-4-13(5-8-17)16-10-14-12(3)6-9-19-14/h6,9,11,13,16H,4-5,7-8,10H2,1-3H3. The summed E-state index contributed by atoms with van der Waals surface area (Å²) in [7, 11) is 0. The van der Waals surface area contributed by atoms with E-state index in [9.17, 15) is 4.79 Å². The van der Waals surface area contributed by atoms with Crippen LogP contribution >= 0.6 is 11.3 Å². The first-order valence-electron chi connectivity index (χ1n) is 7.13. The molecule has 19 heavy (non-hydrogen) atoms. The normalized spacial score (nSPS) is 17.2. The predicted octanol–water partition coefficient (Wildman–Crippen LogP) is 2.79. The summed E-state index contributed by atoms with van der Waals surface area (Å²) in [6.45, 7) is 8.89. The van der Waals surface area contributed by atoms with Crippen molar-refractivity contribution >= 4 is 17.2 Å². The largest absolute Gasteiger partial charge is 0.342 e. The number of hydrogen-bond donors (Lipinski definition) is 1. The van der Waals surface area contributed by atoms with Gasteiger partial charge in [-0.3, -0.25) is 4.79 Å². The van der Waals surface area contributed by atoms with Crippen molar-refractivity contribution in [1.29, 1.82) is 0 Å². The summed E-state index contributed by atoms with van der Waals surface area (Å²) in [4.78, 5) is 15.3. The molecule has 1 aliphatic heterocycles. The molecule has 4 heteroatoms. The summed E-state index contributed by atoms with van der Waals surface area (Å²) in [6.07, 6.45) is 2.14. The Bertz CT molecular complexity index is 420. The second-order valence-corrected chi connectivity index (χ2v) is 6.66. The summed E-state index contributed by atoms with van der Waals surface area (Å²) in [5, 5.41) is 5.78. The number of hydrogen-bond acceptors (Lipinski definition) is 3.